The maximum atomic E-state index is 13.6. The number of carbonyl (C=O) groups is 3. The Morgan fingerprint density at radius 3 is 2.32 bits per heavy atom. The van der Waals surface area contributed by atoms with E-state index in [0.717, 1.165) is 53.6 Å². The van der Waals surface area contributed by atoms with Crippen LogP contribution in [0.25, 0.3) is 16.6 Å². The Labute approximate surface area is 327 Å². The molecule has 3 aromatic rings. The van der Waals surface area contributed by atoms with E-state index < -0.39 is 18.2 Å². The highest BCUT2D eigenvalue weighted by atomic mass is 17.2. The summed E-state index contributed by atoms with van der Waals surface area (Å²) in [6.07, 6.45) is 6.47. The van der Waals surface area contributed by atoms with Crippen molar-refractivity contribution in [2.24, 2.45) is 21.8 Å². The summed E-state index contributed by atoms with van der Waals surface area (Å²) in [6, 6.07) is 10.3. The molecule has 0 aliphatic carbocycles. The van der Waals surface area contributed by atoms with Gasteiger partial charge in [0.1, 0.15) is 23.7 Å². The second kappa shape index (κ2) is 17.8. The molecule has 0 bridgehead atoms. The molecule has 0 radical (unpaired) electrons. The minimum absolute atomic E-state index is 0.00179. The zero-order chi connectivity index (χ0) is 39.9. The van der Waals surface area contributed by atoms with Crippen LogP contribution in [-0.2, 0) is 24.1 Å². The van der Waals surface area contributed by atoms with Crippen LogP contribution in [-0.4, -0.2) is 102 Å². The van der Waals surface area contributed by atoms with Crippen molar-refractivity contribution in [3.63, 3.8) is 0 Å². The summed E-state index contributed by atoms with van der Waals surface area (Å²) in [4.78, 5) is 69.7. The fourth-order valence-corrected chi connectivity index (χ4v) is 7.61. The largest absolute Gasteiger partial charge is 0.495 e. The SMILES string of the molecule is COOC=N[C@H](C(=O)N1CCC[C@H]1C1=NC=C(c2ccc(C#Cc3cc4[nH]c([C@@H]5CCCN5C(=O)[C@@H](NC(=O)OC)C(C)C)nc4cc3OC)cc2)C1)C(C)C. The van der Waals surface area contributed by atoms with Gasteiger partial charge in [-0.1, -0.05) is 51.7 Å². The standard InChI is InChI=1S/C42H51N7O7/c1-25(2)37(44-24-56-55-7)40(50)48-18-8-10-34(48)33-21-30(23-43-33)28-15-12-27(13-16-28)14-17-29-20-31-32(22-36(29)53-5)46-39(45-31)35-11-9-19-49(35)41(51)38(26(3)4)47-42(52)54-6/h12-13,15-16,20,22-26,34-35,37-38H,8-11,18-19,21H2,1-7H3,(H,45,46)(H,47,52)/t34-,35-,37-,38-/m0/s1. The fraction of sp³-hybridized carbons (Fsp3) is 0.476. The molecule has 0 spiro atoms. The Bertz CT molecular complexity index is 2080. The van der Waals surface area contributed by atoms with Crippen LogP contribution in [0, 0.1) is 23.7 Å². The summed E-state index contributed by atoms with van der Waals surface area (Å²) >= 11 is 0. The van der Waals surface area contributed by atoms with Crippen LogP contribution in [0.2, 0.25) is 0 Å². The normalized spacial score (nSPS) is 19.2. The molecule has 56 heavy (non-hydrogen) atoms. The second-order valence-electron chi connectivity index (χ2n) is 14.9. The van der Waals surface area contributed by atoms with Crippen molar-refractivity contribution in [1.29, 1.82) is 0 Å². The first-order chi connectivity index (χ1) is 27.0. The van der Waals surface area contributed by atoms with Gasteiger partial charge in [-0.05, 0) is 66.9 Å². The molecule has 2 saturated heterocycles. The van der Waals surface area contributed by atoms with Gasteiger partial charge in [0.2, 0.25) is 18.2 Å². The third-order valence-corrected chi connectivity index (χ3v) is 10.6. The van der Waals surface area contributed by atoms with Gasteiger partial charge in [0.05, 0.1) is 50.0 Å². The Hall–Kier alpha value is -5.68. The molecule has 4 atom stereocenters. The summed E-state index contributed by atoms with van der Waals surface area (Å²) < 4.78 is 10.5. The van der Waals surface area contributed by atoms with Gasteiger partial charge >= 0.3 is 6.09 Å². The highest BCUT2D eigenvalue weighted by molar-refractivity contribution is 6.03. The molecule has 3 aliphatic heterocycles. The molecule has 3 aliphatic rings. The van der Waals surface area contributed by atoms with Crippen molar-refractivity contribution < 1.29 is 33.6 Å². The van der Waals surface area contributed by atoms with Crippen molar-refractivity contribution >= 4 is 46.6 Å². The lowest BCUT2D eigenvalue weighted by Gasteiger charge is -2.29. The molecule has 1 aromatic heterocycles. The van der Waals surface area contributed by atoms with Crippen LogP contribution >= 0.6 is 0 Å². The predicted octanol–water partition coefficient (Wildman–Crippen LogP) is 5.82. The number of hydrogen-bond donors (Lipinski definition) is 2. The number of rotatable bonds is 12. The van der Waals surface area contributed by atoms with Gasteiger partial charge in [-0.25, -0.2) is 14.8 Å². The number of benzene rings is 2. The molecule has 4 heterocycles. The maximum absolute atomic E-state index is 13.6. The van der Waals surface area contributed by atoms with Gasteiger partial charge in [-0.2, -0.15) is 4.89 Å². The van der Waals surface area contributed by atoms with Crippen LogP contribution in [0.1, 0.15) is 88.4 Å². The van der Waals surface area contributed by atoms with E-state index in [1.54, 1.807) is 12.0 Å². The number of hydrogen-bond acceptors (Lipinski definition) is 10. The summed E-state index contributed by atoms with van der Waals surface area (Å²) in [5, 5.41) is 2.69. The van der Waals surface area contributed by atoms with Crippen molar-refractivity contribution in [2.75, 3.05) is 34.4 Å². The minimum Gasteiger partial charge on any atom is -0.495 e. The van der Waals surface area contributed by atoms with Crippen LogP contribution in [0.3, 0.4) is 0 Å². The number of fused-ring (bicyclic) bond motifs is 1. The molecule has 2 N–H and O–H groups in total. The summed E-state index contributed by atoms with van der Waals surface area (Å²) in [6.45, 7) is 8.96. The molecule has 296 valence electrons. The number of likely N-dealkylation sites (tertiary alicyclic amines) is 2. The number of ether oxygens (including phenoxy) is 2. The Balaban J connectivity index is 1.13. The number of imidazole rings is 1. The highest BCUT2D eigenvalue weighted by Crippen LogP contribution is 2.35. The van der Waals surface area contributed by atoms with Gasteiger partial charge < -0.3 is 34.5 Å². The average Bonchev–Trinajstić information content (AvgIpc) is 4.03. The molecular formula is C42H51N7O7. The zero-order valence-electron chi connectivity index (χ0n) is 33.1. The van der Waals surface area contributed by atoms with E-state index in [2.05, 4.69) is 32.0 Å². The molecule has 14 nitrogen and oxygen atoms in total. The molecular weight excluding hydrogens is 715 g/mol. The Morgan fingerprint density at radius 2 is 1.66 bits per heavy atom. The third kappa shape index (κ3) is 8.73. The number of methoxy groups -OCH3 is 2. The average molecular weight is 766 g/mol. The molecule has 14 heteroatoms. The van der Waals surface area contributed by atoms with E-state index in [4.69, 9.17) is 24.3 Å². The first-order valence-corrected chi connectivity index (χ1v) is 19.1. The van der Waals surface area contributed by atoms with Crippen LogP contribution in [0.5, 0.6) is 5.75 Å². The van der Waals surface area contributed by atoms with Crippen molar-refractivity contribution in [1.82, 2.24) is 25.1 Å². The lowest BCUT2D eigenvalue weighted by atomic mass is 9.97. The van der Waals surface area contributed by atoms with Gasteiger partial charge in [0.25, 0.3) is 0 Å². The number of nitrogens with one attached hydrogen (secondary N) is 2. The summed E-state index contributed by atoms with van der Waals surface area (Å²) in [5.74, 6) is 7.50. The Morgan fingerprint density at radius 1 is 0.946 bits per heavy atom. The molecule has 0 unspecified atom stereocenters. The number of amides is 3. The predicted molar refractivity (Wildman–Crippen MR) is 213 cm³/mol. The van der Waals surface area contributed by atoms with E-state index in [-0.39, 0.29) is 35.7 Å². The lowest BCUT2D eigenvalue weighted by Crippen LogP contribution is -2.51. The third-order valence-electron chi connectivity index (χ3n) is 10.6. The fourth-order valence-electron chi connectivity index (χ4n) is 7.61. The van der Waals surface area contributed by atoms with Gasteiger partial charge in [0.15, 0.2) is 0 Å². The van der Waals surface area contributed by atoms with Crippen LogP contribution in [0.4, 0.5) is 4.79 Å². The van der Waals surface area contributed by atoms with Crippen LogP contribution < -0.4 is 10.1 Å². The molecule has 3 amide bonds. The quantitative estimate of drug-likeness (QED) is 0.0767. The van der Waals surface area contributed by atoms with Crippen molar-refractivity contribution in [3.05, 3.63) is 65.1 Å². The first kappa shape index (κ1) is 40.0. The lowest BCUT2D eigenvalue weighted by molar-refractivity contribution is -0.188. The smallest absolute Gasteiger partial charge is 0.407 e. The number of H-pyrrole nitrogens is 1. The second-order valence-corrected chi connectivity index (χ2v) is 14.9. The first-order valence-electron chi connectivity index (χ1n) is 19.1. The minimum atomic E-state index is -0.712. The monoisotopic (exact) mass is 765 g/mol. The van der Waals surface area contributed by atoms with E-state index >= 15 is 0 Å². The number of aliphatic imine (C=N–C) groups is 2. The number of nitrogens with zero attached hydrogens (tertiary/aromatic N) is 5. The van der Waals surface area contributed by atoms with E-state index in [1.165, 1.54) is 20.6 Å². The number of carbonyl (C=O) groups excluding carboxylic acids is 3. The molecule has 6 rings (SSSR count). The van der Waals surface area contributed by atoms with E-state index in [0.29, 0.717) is 42.2 Å². The van der Waals surface area contributed by atoms with Crippen LogP contribution in [0.15, 0.2) is 52.6 Å². The van der Waals surface area contributed by atoms with E-state index in [1.807, 2.05) is 75.2 Å². The maximum Gasteiger partial charge on any atom is 0.407 e. The number of alkyl carbamates (subject to hydrolysis) is 1. The number of aromatic amines is 1. The number of allylic oxidation sites excluding steroid dienone is 1. The topological polar surface area (TPSA) is 160 Å². The zero-order valence-corrected chi connectivity index (χ0v) is 33.1. The molecule has 2 fully saturated rings. The van der Waals surface area contributed by atoms with E-state index in [9.17, 15) is 14.4 Å². The molecule has 0 saturated carbocycles. The summed E-state index contributed by atoms with van der Waals surface area (Å²) in [7, 11) is 4.28. The van der Waals surface area contributed by atoms with Crippen molar-refractivity contribution in [3.8, 4) is 17.6 Å². The number of aromatic nitrogens is 2. The summed E-state index contributed by atoms with van der Waals surface area (Å²) in [5.41, 5.74) is 6.16. The van der Waals surface area contributed by atoms with Gasteiger partial charge in [-0.15, -0.1) is 0 Å². The molecule has 2 aromatic carbocycles. The highest BCUT2D eigenvalue weighted by Gasteiger charge is 2.39. The van der Waals surface area contributed by atoms with Gasteiger partial charge in [-0.3, -0.25) is 14.6 Å². The van der Waals surface area contributed by atoms with Crippen molar-refractivity contribution in [2.45, 2.75) is 84.0 Å². The Kier molecular flexibility index (Phi) is 12.7. The van der Waals surface area contributed by atoms with Gasteiger partial charge in [0, 0.05) is 43.1 Å².